The molecule has 3 nitrogen and oxygen atoms in total. The first kappa shape index (κ1) is 25.9. The second kappa shape index (κ2) is 12.1. The summed E-state index contributed by atoms with van der Waals surface area (Å²) in [6.07, 6.45) is -5.91. The lowest BCUT2D eigenvalue weighted by Gasteiger charge is -2.08. The van der Waals surface area contributed by atoms with E-state index >= 15 is 0 Å². The van der Waals surface area contributed by atoms with Gasteiger partial charge in [-0.05, 0) is 24.3 Å². The summed E-state index contributed by atoms with van der Waals surface area (Å²) in [6.45, 7) is 0. The second-order valence-electron chi connectivity index (χ2n) is 6.83. The molecule has 2 aromatic carbocycles. The molecule has 4 rings (SSSR count). The normalized spacial score (nSPS) is 10.7. The van der Waals surface area contributed by atoms with E-state index in [2.05, 4.69) is 15.0 Å². The van der Waals surface area contributed by atoms with Gasteiger partial charge in [-0.15, -0.1) is 0 Å². The Kier molecular flexibility index (Phi) is 8.97. The molecule has 0 aliphatic carbocycles. The van der Waals surface area contributed by atoms with E-state index < -0.39 is 35.9 Å². The zero-order valence-corrected chi connectivity index (χ0v) is 18.5. The maximum Gasteiger partial charge on any atom is 0.283 e. The smallest absolute Gasteiger partial charge is 0.232 e. The molecule has 35 heavy (non-hydrogen) atoms. The highest BCUT2D eigenvalue weighted by atomic mass is 35.5. The van der Waals surface area contributed by atoms with E-state index in [1.165, 1.54) is 6.07 Å². The lowest BCUT2D eigenvalue weighted by atomic mass is 10.0. The molecule has 0 bridgehead atoms. The minimum Gasteiger partial charge on any atom is -0.232 e. The van der Waals surface area contributed by atoms with Crippen LogP contribution in [0.1, 0.15) is 35.4 Å². The maximum absolute atomic E-state index is 13.4. The number of benzene rings is 2. The van der Waals surface area contributed by atoms with Crippen LogP contribution in [0.5, 0.6) is 0 Å². The molecule has 0 unspecified atom stereocenters. The summed E-state index contributed by atoms with van der Waals surface area (Å²) in [5.41, 5.74) is 0.409. The Balaban J connectivity index is 0.000000261. The van der Waals surface area contributed by atoms with Crippen LogP contribution in [-0.4, -0.2) is 15.7 Å². The highest BCUT2D eigenvalue weighted by Crippen LogP contribution is 2.24. The summed E-state index contributed by atoms with van der Waals surface area (Å²) < 4.78 is 75.2. The van der Waals surface area contributed by atoms with Gasteiger partial charge in [0, 0.05) is 11.1 Å². The molecule has 0 saturated heterocycles. The van der Waals surface area contributed by atoms with Gasteiger partial charge in [-0.1, -0.05) is 72.3 Å². The number of aromatic nitrogens is 2. The number of halogens is 7. The van der Waals surface area contributed by atoms with Crippen LogP contribution in [0, 0.1) is 11.6 Å². The Bertz CT molecular complexity index is 1240. The fraction of sp³-hybridized carbons (Fsp3) is 0.0800. The predicted octanol–water partition coefficient (Wildman–Crippen LogP) is 8.14. The molecule has 180 valence electrons. The highest BCUT2D eigenvalue weighted by Gasteiger charge is 2.17. The largest absolute Gasteiger partial charge is 0.283 e. The summed E-state index contributed by atoms with van der Waals surface area (Å²) in [7, 11) is 0. The Labute approximate surface area is 201 Å². The van der Waals surface area contributed by atoms with Crippen molar-refractivity contribution in [2.24, 2.45) is 4.99 Å². The summed E-state index contributed by atoms with van der Waals surface area (Å²) >= 11 is 5.25. The molecule has 0 aliphatic heterocycles. The first-order valence-corrected chi connectivity index (χ1v) is 10.4. The first-order chi connectivity index (χ1) is 16.8. The molecular weight excluding hydrogens is 492 g/mol. The number of rotatable bonds is 5. The minimum absolute atomic E-state index is 0.0365. The number of hydrogen-bond donors (Lipinski definition) is 0. The van der Waals surface area contributed by atoms with E-state index in [-0.39, 0.29) is 11.0 Å². The van der Waals surface area contributed by atoms with Crippen LogP contribution >= 0.6 is 11.6 Å². The average molecular weight is 508 g/mol. The van der Waals surface area contributed by atoms with Crippen molar-refractivity contribution in [1.82, 2.24) is 9.97 Å². The zero-order valence-electron chi connectivity index (χ0n) is 17.7. The van der Waals surface area contributed by atoms with Crippen molar-refractivity contribution in [2.75, 3.05) is 0 Å². The van der Waals surface area contributed by atoms with Crippen molar-refractivity contribution in [3.05, 3.63) is 124 Å². The van der Waals surface area contributed by atoms with Crippen molar-refractivity contribution in [1.29, 1.82) is 0 Å². The first-order valence-electron chi connectivity index (χ1n) is 10.0. The molecule has 0 saturated carbocycles. The van der Waals surface area contributed by atoms with Crippen LogP contribution < -0.4 is 0 Å². The molecule has 0 N–H and O–H groups in total. The summed E-state index contributed by atoms with van der Waals surface area (Å²) in [5, 5.41) is -0.137. The molecule has 0 aliphatic rings. The third kappa shape index (κ3) is 7.13. The Morgan fingerprint density at radius 3 is 1.54 bits per heavy atom. The lowest BCUT2D eigenvalue weighted by molar-refractivity contribution is 0.140. The highest BCUT2D eigenvalue weighted by molar-refractivity contribution is 6.29. The van der Waals surface area contributed by atoms with Gasteiger partial charge in [0.1, 0.15) is 16.5 Å². The predicted molar refractivity (Wildman–Crippen MR) is 121 cm³/mol. The quantitative estimate of drug-likeness (QED) is 0.155. The average Bonchev–Trinajstić information content (AvgIpc) is 2.86. The lowest BCUT2D eigenvalue weighted by Crippen LogP contribution is -2.03. The topological polar surface area (TPSA) is 38.1 Å². The van der Waals surface area contributed by atoms with Crippen LogP contribution in [-0.2, 0) is 0 Å². The van der Waals surface area contributed by atoms with Gasteiger partial charge >= 0.3 is 0 Å². The van der Waals surface area contributed by atoms with E-state index in [0.29, 0.717) is 5.71 Å². The van der Waals surface area contributed by atoms with Crippen LogP contribution in [0.15, 0.2) is 89.9 Å². The van der Waals surface area contributed by atoms with Gasteiger partial charge in [-0.2, -0.15) is 0 Å². The van der Waals surface area contributed by atoms with Gasteiger partial charge in [0.05, 0.1) is 5.71 Å². The van der Waals surface area contributed by atoms with Gasteiger partial charge in [0.25, 0.3) is 12.9 Å². The van der Waals surface area contributed by atoms with Crippen LogP contribution in [0.25, 0.3) is 0 Å². The molecule has 0 atom stereocenters. The number of pyridine rings is 2. The summed E-state index contributed by atoms with van der Waals surface area (Å²) in [5.74, 6) is -2.04. The van der Waals surface area contributed by atoms with E-state index in [9.17, 15) is 26.3 Å². The molecule has 0 radical (unpaired) electrons. The van der Waals surface area contributed by atoms with Gasteiger partial charge in [-0.3, -0.25) is 0 Å². The van der Waals surface area contributed by atoms with Gasteiger partial charge in [0.15, 0.2) is 17.5 Å². The van der Waals surface area contributed by atoms with Crippen LogP contribution in [0.3, 0.4) is 0 Å². The summed E-state index contributed by atoms with van der Waals surface area (Å²) in [4.78, 5) is 11.2. The Hall–Kier alpha value is -3.72. The van der Waals surface area contributed by atoms with Crippen molar-refractivity contribution in [3.8, 4) is 0 Å². The fourth-order valence-electron chi connectivity index (χ4n) is 2.85. The molecule has 0 amide bonds. The molecule has 0 spiro atoms. The summed E-state index contributed by atoms with van der Waals surface area (Å²) in [6, 6.07) is 22.8. The number of alkyl halides is 4. The van der Waals surface area contributed by atoms with Crippen molar-refractivity contribution < 1.29 is 26.3 Å². The SMILES string of the molecule is Fc1ccc(Cl)nc1C(F)F.Fc1ccc(N=C(c2ccccc2)c2ccccc2)nc1C(F)F. The van der Waals surface area contributed by atoms with E-state index in [0.717, 1.165) is 29.3 Å². The molecule has 10 heteroatoms. The van der Waals surface area contributed by atoms with Gasteiger partial charge in [-0.25, -0.2) is 41.3 Å². The standard InChI is InChI=1S/C19H13F3N2.C6H3ClF3N/c20-15-11-12-16(24-18(15)19(21)22)23-17(13-7-3-1-4-8-13)14-9-5-2-6-10-14;7-4-2-1-3(8)5(11-4)6(9)10/h1-12,19H;1-2,6H. The number of aliphatic imine (C=N–C) groups is 1. The molecular formula is C25H16ClF6N3. The maximum atomic E-state index is 13.4. The van der Waals surface area contributed by atoms with Crippen molar-refractivity contribution in [2.45, 2.75) is 12.9 Å². The van der Waals surface area contributed by atoms with Crippen LogP contribution in [0.4, 0.5) is 32.2 Å². The fourth-order valence-corrected chi connectivity index (χ4v) is 3.00. The molecule has 0 fully saturated rings. The second-order valence-corrected chi connectivity index (χ2v) is 7.22. The molecule has 2 heterocycles. The molecule has 2 aromatic heterocycles. The van der Waals surface area contributed by atoms with Crippen LogP contribution in [0.2, 0.25) is 5.15 Å². The zero-order chi connectivity index (χ0) is 25.4. The van der Waals surface area contributed by atoms with E-state index in [1.54, 1.807) is 0 Å². The Morgan fingerprint density at radius 2 is 1.09 bits per heavy atom. The Morgan fingerprint density at radius 1 is 0.629 bits per heavy atom. The van der Waals surface area contributed by atoms with E-state index in [4.69, 9.17) is 11.6 Å². The minimum atomic E-state index is -2.99. The third-order valence-electron chi connectivity index (χ3n) is 4.43. The van der Waals surface area contributed by atoms with Gasteiger partial charge in [0.2, 0.25) is 0 Å². The van der Waals surface area contributed by atoms with Crippen molar-refractivity contribution >= 4 is 23.1 Å². The van der Waals surface area contributed by atoms with E-state index in [1.807, 2.05) is 60.7 Å². The number of nitrogens with zero attached hydrogens (tertiary/aromatic N) is 3. The monoisotopic (exact) mass is 507 g/mol. The number of hydrogen-bond acceptors (Lipinski definition) is 3. The van der Waals surface area contributed by atoms with Gasteiger partial charge < -0.3 is 0 Å². The van der Waals surface area contributed by atoms with Crippen molar-refractivity contribution in [3.63, 3.8) is 0 Å². The molecule has 4 aromatic rings. The third-order valence-corrected chi connectivity index (χ3v) is 4.64.